The lowest BCUT2D eigenvalue weighted by atomic mass is 10.0. The summed E-state index contributed by atoms with van der Waals surface area (Å²) in [4.78, 5) is 16.3. The second-order valence-electron chi connectivity index (χ2n) is 4.55. The zero-order valence-electron chi connectivity index (χ0n) is 10.7. The Morgan fingerprint density at radius 2 is 2.20 bits per heavy atom. The summed E-state index contributed by atoms with van der Waals surface area (Å²) in [6.07, 6.45) is 1.42. The van der Waals surface area contributed by atoms with Gasteiger partial charge in [0.05, 0.1) is 10.6 Å². The number of fused-ring (bicyclic) bond motifs is 1. The normalized spacial score (nSPS) is 16.9. The number of nitrogens with zero attached hydrogens (tertiary/aromatic N) is 1. The monoisotopic (exact) mass is 303 g/mol. The Hall–Kier alpha value is -1.46. The van der Waals surface area contributed by atoms with Crippen LogP contribution in [-0.4, -0.2) is 27.6 Å². The summed E-state index contributed by atoms with van der Waals surface area (Å²) < 4.78 is 0. The minimum atomic E-state index is -0.935. The SMILES string of the molecule is O=C(O)c1ccc(SCC2CSc3ccccc32)nc1. The number of thioether (sulfide) groups is 2. The quantitative estimate of drug-likeness (QED) is 0.872. The lowest BCUT2D eigenvalue weighted by Crippen LogP contribution is -2.01. The molecular weight excluding hydrogens is 290 g/mol. The van der Waals surface area contributed by atoms with E-state index in [0.717, 1.165) is 16.5 Å². The van der Waals surface area contributed by atoms with E-state index >= 15 is 0 Å². The standard InChI is InChI=1S/C15H13NO2S2/c17-15(18)10-5-6-14(16-7-10)20-9-11-8-19-13-4-2-1-3-12(11)13/h1-7,11H,8-9H2,(H,17,18). The second-order valence-corrected chi connectivity index (χ2v) is 6.65. The first-order chi connectivity index (χ1) is 9.74. The Balaban J connectivity index is 1.64. The topological polar surface area (TPSA) is 50.2 Å². The number of rotatable bonds is 4. The summed E-state index contributed by atoms with van der Waals surface area (Å²) in [5.74, 6) is 1.69. The summed E-state index contributed by atoms with van der Waals surface area (Å²) in [5.41, 5.74) is 1.66. The summed E-state index contributed by atoms with van der Waals surface area (Å²) >= 11 is 3.59. The van der Waals surface area contributed by atoms with E-state index in [-0.39, 0.29) is 5.56 Å². The van der Waals surface area contributed by atoms with Crippen LogP contribution >= 0.6 is 23.5 Å². The number of carboxylic acid groups (broad SMARTS) is 1. The van der Waals surface area contributed by atoms with Crippen molar-refractivity contribution in [3.8, 4) is 0 Å². The van der Waals surface area contributed by atoms with Gasteiger partial charge in [0, 0.05) is 28.5 Å². The maximum atomic E-state index is 10.8. The molecule has 1 unspecified atom stereocenters. The van der Waals surface area contributed by atoms with Crippen LogP contribution in [0.5, 0.6) is 0 Å². The molecule has 5 heteroatoms. The van der Waals surface area contributed by atoms with E-state index in [4.69, 9.17) is 5.11 Å². The maximum absolute atomic E-state index is 10.8. The van der Waals surface area contributed by atoms with Gasteiger partial charge in [-0.2, -0.15) is 0 Å². The zero-order valence-corrected chi connectivity index (χ0v) is 12.3. The predicted molar refractivity (Wildman–Crippen MR) is 81.8 cm³/mol. The summed E-state index contributed by atoms with van der Waals surface area (Å²) in [5, 5.41) is 9.72. The molecule has 20 heavy (non-hydrogen) atoms. The average molecular weight is 303 g/mol. The highest BCUT2D eigenvalue weighted by Gasteiger charge is 2.22. The molecule has 3 rings (SSSR count). The fourth-order valence-electron chi connectivity index (χ4n) is 2.15. The van der Waals surface area contributed by atoms with Gasteiger partial charge in [-0.3, -0.25) is 0 Å². The van der Waals surface area contributed by atoms with Crippen molar-refractivity contribution in [2.45, 2.75) is 15.8 Å². The van der Waals surface area contributed by atoms with Crippen LogP contribution < -0.4 is 0 Å². The van der Waals surface area contributed by atoms with Gasteiger partial charge in [0.15, 0.2) is 0 Å². The Bertz CT molecular complexity index is 628. The molecule has 0 bridgehead atoms. The van der Waals surface area contributed by atoms with E-state index in [0.29, 0.717) is 5.92 Å². The van der Waals surface area contributed by atoms with Crippen molar-refractivity contribution in [2.24, 2.45) is 0 Å². The van der Waals surface area contributed by atoms with E-state index in [1.54, 1.807) is 23.9 Å². The van der Waals surface area contributed by atoms with E-state index in [2.05, 4.69) is 29.2 Å². The molecule has 0 aliphatic carbocycles. The largest absolute Gasteiger partial charge is 0.478 e. The fraction of sp³-hybridized carbons (Fsp3) is 0.200. The molecule has 102 valence electrons. The number of aromatic carboxylic acids is 1. The van der Waals surface area contributed by atoms with Gasteiger partial charge in [0.1, 0.15) is 0 Å². The van der Waals surface area contributed by atoms with Crippen LogP contribution in [0.3, 0.4) is 0 Å². The first kappa shape index (κ1) is 13.5. The molecule has 2 heterocycles. The first-order valence-corrected chi connectivity index (χ1v) is 8.25. The molecule has 1 aliphatic rings. The molecule has 0 fully saturated rings. The van der Waals surface area contributed by atoms with Crippen molar-refractivity contribution < 1.29 is 9.90 Å². The summed E-state index contributed by atoms with van der Waals surface area (Å²) in [7, 11) is 0. The molecule has 2 aromatic rings. The molecule has 3 nitrogen and oxygen atoms in total. The minimum Gasteiger partial charge on any atom is -0.478 e. The third-order valence-corrected chi connectivity index (χ3v) is 5.57. The van der Waals surface area contributed by atoms with Gasteiger partial charge in [-0.05, 0) is 23.8 Å². The number of carboxylic acids is 1. The zero-order chi connectivity index (χ0) is 13.9. The molecule has 1 atom stereocenters. The first-order valence-electron chi connectivity index (χ1n) is 6.28. The van der Waals surface area contributed by atoms with Crippen LogP contribution in [0.1, 0.15) is 21.8 Å². The third kappa shape index (κ3) is 2.83. The third-order valence-electron chi connectivity index (χ3n) is 3.21. The summed E-state index contributed by atoms with van der Waals surface area (Å²) in [6, 6.07) is 11.9. The summed E-state index contributed by atoms with van der Waals surface area (Å²) in [6.45, 7) is 0. The molecule has 0 saturated carbocycles. The number of aromatic nitrogens is 1. The van der Waals surface area contributed by atoms with Crippen LogP contribution in [0, 0.1) is 0 Å². The van der Waals surface area contributed by atoms with Crippen molar-refractivity contribution in [2.75, 3.05) is 11.5 Å². The number of pyridine rings is 1. The number of hydrogen-bond acceptors (Lipinski definition) is 4. The Morgan fingerprint density at radius 3 is 2.95 bits per heavy atom. The van der Waals surface area contributed by atoms with Crippen LogP contribution in [0.15, 0.2) is 52.5 Å². The number of hydrogen-bond donors (Lipinski definition) is 1. The highest BCUT2D eigenvalue weighted by atomic mass is 32.2. The van der Waals surface area contributed by atoms with E-state index < -0.39 is 5.97 Å². The van der Waals surface area contributed by atoms with Crippen molar-refractivity contribution in [3.05, 3.63) is 53.7 Å². The Labute approximate surface area is 125 Å². The highest BCUT2D eigenvalue weighted by Crippen LogP contribution is 2.41. The lowest BCUT2D eigenvalue weighted by Gasteiger charge is -2.09. The molecule has 0 saturated heterocycles. The molecule has 0 spiro atoms. The van der Waals surface area contributed by atoms with Gasteiger partial charge < -0.3 is 5.11 Å². The van der Waals surface area contributed by atoms with Crippen molar-refractivity contribution >= 4 is 29.5 Å². The van der Waals surface area contributed by atoms with Crippen LogP contribution in [0.25, 0.3) is 0 Å². The van der Waals surface area contributed by atoms with E-state index in [1.165, 1.54) is 16.7 Å². The van der Waals surface area contributed by atoms with Gasteiger partial charge in [0.2, 0.25) is 0 Å². The second kappa shape index (κ2) is 5.89. The van der Waals surface area contributed by atoms with Crippen LogP contribution in [-0.2, 0) is 0 Å². The molecule has 1 aliphatic heterocycles. The molecular formula is C15H13NO2S2. The number of carbonyl (C=O) groups is 1. The minimum absolute atomic E-state index is 0.233. The Kier molecular flexibility index (Phi) is 3.98. The van der Waals surface area contributed by atoms with Gasteiger partial charge >= 0.3 is 5.97 Å². The number of benzene rings is 1. The molecule has 1 N–H and O–H groups in total. The molecule has 0 radical (unpaired) electrons. The highest BCUT2D eigenvalue weighted by molar-refractivity contribution is 8.00. The van der Waals surface area contributed by atoms with Crippen molar-refractivity contribution in [3.63, 3.8) is 0 Å². The van der Waals surface area contributed by atoms with Gasteiger partial charge in [-0.25, -0.2) is 9.78 Å². The molecule has 1 aromatic heterocycles. The van der Waals surface area contributed by atoms with E-state index in [9.17, 15) is 4.79 Å². The fourth-order valence-corrected chi connectivity index (χ4v) is 4.51. The Morgan fingerprint density at radius 1 is 1.35 bits per heavy atom. The average Bonchev–Trinajstić information content (AvgIpc) is 2.89. The van der Waals surface area contributed by atoms with Gasteiger partial charge in [-0.1, -0.05) is 18.2 Å². The smallest absolute Gasteiger partial charge is 0.337 e. The van der Waals surface area contributed by atoms with Gasteiger partial charge in [-0.15, -0.1) is 23.5 Å². The van der Waals surface area contributed by atoms with Crippen LogP contribution in [0.2, 0.25) is 0 Å². The van der Waals surface area contributed by atoms with Gasteiger partial charge in [0.25, 0.3) is 0 Å². The maximum Gasteiger partial charge on any atom is 0.337 e. The predicted octanol–water partition coefficient (Wildman–Crippen LogP) is 3.76. The molecule has 1 aromatic carbocycles. The lowest BCUT2D eigenvalue weighted by molar-refractivity contribution is 0.0696. The van der Waals surface area contributed by atoms with Crippen molar-refractivity contribution in [1.29, 1.82) is 0 Å². The van der Waals surface area contributed by atoms with Crippen molar-refractivity contribution in [1.82, 2.24) is 4.98 Å². The van der Waals surface area contributed by atoms with E-state index in [1.807, 2.05) is 11.8 Å². The molecule has 0 amide bonds. The van der Waals surface area contributed by atoms with Crippen LogP contribution in [0.4, 0.5) is 0 Å².